The number of para-hydroxylation sites is 1. The molecule has 3 N–H and O–H groups in total. The van der Waals surface area contributed by atoms with Crippen molar-refractivity contribution in [3.63, 3.8) is 0 Å². The van der Waals surface area contributed by atoms with Gasteiger partial charge in [0.1, 0.15) is 5.75 Å². The van der Waals surface area contributed by atoms with Crippen LogP contribution in [-0.4, -0.2) is 30.4 Å². The van der Waals surface area contributed by atoms with Gasteiger partial charge in [-0.15, -0.1) is 0 Å². The zero-order chi connectivity index (χ0) is 14.4. The van der Waals surface area contributed by atoms with Crippen molar-refractivity contribution >= 4 is 11.4 Å². The highest BCUT2D eigenvalue weighted by molar-refractivity contribution is 5.74. The second-order valence-corrected chi connectivity index (χ2v) is 5.22. The van der Waals surface area contributed by atoms with E-state index in [9.17, 15) is 0 Å². The molecule has 0 saturated heterocycles. The van der Waals surface area contributed by atoms with E-state index in [1.165, 1.54) is 0 Å². The van der Waals surface area contributed by atoms with Crippen LogP contribution in [0.2, 0.25) is 0 Å². The van der Waals surface area contributed by atoms with Crippen LogP contribution in [0.15, 0.2) is 18.2 Å². The first kappa shape index (κ1) is 15.6. The summed E-state index contributed by atoms with van der Waals surface area (Å²) in [5.74, 6) is 0.724. The largest absolute Gasteiger partial charge is 0.489 e. The molecule has 0 saturated carbocycles. The highest BCUT2D eigenvalue weighted by Gasteiger charge is 2.16. The Hall–Kier alpha value is -1.42. The molecule has 0 unspecified atom stereocenters. The van der Waals surface area contributed by atoms with Crippen molar-refractivity contribution in [3.8, 4) is 5.75 Å². The molecule has 0 fully saturated rings. The minimum atomic E-state index is 0.0995. The van der Waals surface area contributed by atoms with Crippen LogP contribution in [0.5, 0.6) is 5.75 Å². The van der Waals surface area contributed by atoms with E-state index in [0.29, 0.717) is 11.7 Å². The Labute approximate surface area is 116 Å². The normalized spacial score (nSPS) is 11.1. The molecule has 0 heterocycles. The average molecular weight is 266 g/mol. The predicted octanol–water partition coefficient (Wildman–Crippen LogP) is 2.65. The van der Waals surface area contributed by atoms with E-state index in [1.807, 2.05) is 32.0 Å². The zero-order valence-corrected chi connectivity index (χ0v) is 12.4. The van der Waals surface area contributed by atoms with Crippen molar-refractivity contribution in [1.29, 1.82) is 0 Å². The van der Waals surface area contributed by atoms with Gasteiger partial charge < -0.3 is 20.5 Å². The maximum atomic E-state index is 9.00. The van der Waals surface area contributed by atoms with E-state index in [4.69, 9.17) is 15.6 Å². The molecule has 0 aliphatic heterocycles. The Morgan fingerprint density at radius 1 is 1.26 bits per heavy atom. The molecule has 1 aromatic rings. The van der Waals surface area contributed by atoms with Gasteiger partial charge in [0.25, 0.3) is 0 Å². The van der Waals surface area contributed by atoms with E-state index in [0.717, 1.165) is 24.4 Å². The summed E-state index contributed by atoms with van der Waals surface area (Å²) in [6.45, 7) is 9.17. The van der Waals surface area contributed by atoms with Gasteiger partial charge in [-0.25, -0.2) is 0 Å². The van der Waals surface area contributed by atoms with Crippen LogP contribution in [0.1, 0.15) is 34.1 Å². The molecule has 108 valence electrons. The third-order valence-electron chi connectivity index (χ3n) is 2.90. The van der Waals surface area contributed by atoms with Gasteiger partial charge in [0.2, 0.25) is 0 Å². The molecular formula is C15H26N2O2. The van der Waals surface area contributed by atoms with Gasteiger partial charge >= 0.3 is 0 Å². The average Bonchev–Trinajstić information content (AvgIpc) is 2.33. The molecule has 0 aliphatic rings. The van der Waals surface area contributed by atoms with Gasteiger partial charge in [-0.2, -0.15) is 0 Å². The number of hydrogen-bond acceptors (Lipinski definition) is 4. The fourth-order valence-electron chi connectivity index (χ4n) is 2.04. The number of benzene rings is 1. The van der Waals surface area contributed by atoms with Crippen molar-refractivity contribution in [2.75, 3.05) is 23.8 Å². The molecular weight excluding hydrogens is 240 g/mol. The molecule has 19 heavy (non-hydrogen) atoms. The third kappa shape index (κ3) is 4.31. The summed E-state index contributed by atoms with van der Waals surface area (Å²) in [6, 6.07) is 6.17. The number of aliphatic hydroxyl groups excluding tert-OH is 1. The Morgan fingerprint density at radius 3 is 2.47 bits per heavy atom. The van der Waals surface area contributed by atoms with E-state index < -0.39 is 0 Å². The maximum absolute atomic E-state index is 9.00. The molecule has 0 atom stereocenters. The summed E-state index contributed by atoms with van der Waals surface area (Å²) in [6.07, 6.45) is 0.829. The monoisotopic (exact) mass is 266 g/mol. The van der Waals surface area contributed by atoms with Gasteiger partial charge in [-0.1, -0.05) is 6.07 Å². The lowest BCUT2D eigenvalue weighted by atomic mass is 10.2. The number of hydrogen-bond donors (Lipinski definition) is 2. The van der Waals surface area contributed by atoms with E-state index in [1.54, 1.807) is 0 Å². The third-order valence-corrected chi connectivity index (χ3v) is 2.90. The number of nitrogens with zero attached hydrogens (tertiary/aromatic N) is 1. The quantitative estimate of drug-likeness (QED) is 0.745. The first-order valence-electron chi connectivity index (χ1n) is 6.90. The molecule has 0 spiro atoms. The van der Waals surface area contributed by atoms with E-state index in [-0.39, 0.29) is 12.7 Å². The summed E-state index contributed by atoms with van der Waals surface area (Å²) in [4.78, 5) is 2.19. The van der Waals surface area contributed by atoms with Crippen LogP contribution in [-0.2, 0) is 0 Å². The molecule has 1 aromatic carbocycles. The van der Waals surface area contributed by atoms with Crippen LogP contribution < -0.4 is 15.4 Å². The summed E-state index contributed by atoms with van der Waals surface area (Å²) in [5.41, 5.74) is 7.86. The van der Waals surface area contributed by atoms with Crippen LogP contribution in [0.25, 0.3) is 0 Å². The van der Waals surface area contributed by atoms with Crippen LogP contribution in [0.3, 0.4) is 0 Å². The second-order valence-electron chi connectivity index (χ2n) is 5.22. The Bertz CT molecular complexity index is 392. The number of anilines is 2. The molecule has 0 aliphatic carbocycles. The highest BCUT2D eigenvalue weighted by Crippen LogP contribution is 2.33. The smallest absolute Gasteiger partial charge is 0.144 e. The Kier molecular flexibility index (Phi) is 5.96. The second kappa shape index (κ2) is 7.24. The number of ether oxygens (including phenoxy) is 1. The fraction of sp³-hybridized carbons (Fsp3) is 0.600. The lowest BCUT2D eigenvalue weighted by Crippen LogP contribution is -2.33. The summed E-state index contributed by atoms with van der Waals surface area (Å²) < 4.78 is 5.72. The standard InChI is InChI=1S/C15H26N2O2/c1-11(2)17(9-6-10-18)13-7-5-8-14(15(13)16)19-12(3)4/h5,7-8,11-12,18H,6,9-10,16H2,1-4H3. The van der Waals surface area contributed by atoms with Gasteiger partial charge in [-0.3, -0.25) is 0 Å². The summed E-state index contributed by atoms with van der Waals surface area (Å²) >= 11 is 0. The minimum Gasteiger partial charge on any atom is -0.489 e. The number of rotatable bonds is 7. The lowest BCUT2D eigenvalue weighted by molar-refractivity contribution is 0.244. The van der Waals surface area contributed by atoms with E-state index >= 15 is 0 Å². The molecule has 0 aromatic heterocycles. The first-order valence-corrected chi connectivity index (χ1v) is 6.90. The summed E-state index contributed by atoms with van der Waals surface area (Å²) in [7, 11) is 0. The SMILES string of the molecule is CC(C)Oc1cccc(N(CCCO)C(C)C)c1N. The molecule has 0 amide bonds. The van der Waals surface area contributed by atoms with Crippen molar-refractivity contribution < 1.29 is 9.84 Å². The molecule has 1 rings (SSSR count). The molecule has 0 bridgehead atoms. The minimum absolute atomic E-state index is 0.0995. The molecule has 4 nitrogen and oxygen atoms in total. The van der Waals surface area contributed by atoms with Crippen molar-refractivity contribution in [2.45, 2.75) is 46.3 Å². The van der Waals surface area contributed by atoms with Gasteiger partial charge in [0.05, 0.1) is 17.5 Å². The topological polar surface area (TPSA) is 58.7 Å². The first-order chi connectivity index (χ1) is 8.97. The number of aliphatic hydroxyl groups is 1. The van der Waals surface area contributed by atoms with Gasteiger partial charge in [0, 0.05) is 19.2 Å². The summed E-state index contributed by atoms with van der Waals surface area (Å²) in [5, 5.41) is 9.00. The van der Waals surface area contributed by atoms with E-state index in [2.05, 4.69) is 18.7 Å². The molecule has 0 radical (unpaired) electrons. The van der Waals surface area contributed by atoms with Crippen molar-refractivity contribution in [1.82, 2.24) is 0 Å². The van der Waals surface area contributed by atoms with Crippen LogP contribution in [0, 0.1) is 0 Å². The fourth-order valence-corrected chi connectivity index (χ4v) is 2.04. The lowest BCUT2D eigenvalue weighted by Gasteiger charge is -2.30. The Morgan fingerprint density at radius 2 is 1.95 bits per heavy atom. The van der Waals surface area contributed by atoms with Gasteiger partial charge in [0.15, 0.2) is 0 Å². The van der Waals surface area contributed by atoms with Crippen LogP contribution in [0.4, 0.5) is 11.4 Å². The Balaban J connectivity index is 3.02. The number of nitrogens with two attached hydrogens (primary N) is 1. The van der Waals surface area contributed by atoms with Crippen molar-refractivity contribution in [3.05, 3.63) is 18.2 Å². The van der Waals surface area contributed by atoms with Crippen LogP contribution >= 0.6 is 0 Å². The highest BCUT2D eigenvalue weighted by atomic mass is 16.5. The predicted molar refractivity (Wildman–Crippen MR) is 80.8 cm³/mol. The molecule has 4 heteroatoms. The number of nitrogen functional groups attached to an aromatic ring is 1. The zero-order valence-electron chi connectivity index (χ0n) is 12.4. The maximum Gasteiger partial charge on any atom is 0.144 e. The van der Waals surface area contributed by atoms with Crippen molar-refractivity contribution in [2.24, 2.45) is 0 Å². The van der Waals surface area contributed by atoms with Gasteiger partial charge in [-0.05, 0) is 46.2 Å².